The van der Waals surface area contributed by atoms with Crippen molar-refractivity contribution in [3.05, 3.63) is 59.9 Å². The summed E-state index contributed by atoms with van der Waals surface area (Å²) >= 11 is 0. The van der Waals surface area contributed by atoms with Crippen molar-refractivity contribution in [3.63, 3.8) is 0 Å². The Morgan fingerprint density at radius 3 is 2.59 bits per heavy atom. The van der Waals surface area contributed by atoms with Crippen LogP contribution in [-0.4, -0.2) is 54.1 Å². The van der Waals surface area contributed by atoms with Crippen LogP contribution in [0.25, 0.3) is 11.4 Å². The predicted molar refractivity (Wildman–Crippen MR) is 112 cm³/mol. The summed E-state index contributed by atoms with van der Waals surface area (Å²) in [6.45, 7) is 2.88. The molecule has 0 unspecified atom stereocenters. The fourth-order valence-corrected chi connectivity index (χ4v) is 4.45. The summed E-state index contributed by atoms with van der Waals surface area (Å²) in [4.78, 5) is 19.1. The summed E-state index contributed by atoms with van der Waals surface area (Å²) in [6.07, 6.45) is 1.70. The SMILES string of the molecule is Cc1cc(N2CCS(=O)(=O)CC2)ccc1NC(=O)c1cccc(-c2cc[nH]n2)n1. The third kappa shape index (κ3) is 4.29. The lowest BCUT2D eigenvalue weighted by molar-refractivity contribution is 0.102. The van der Waals surface area contributed by atoms with Crippen molar-refractivity contribution in [1.82, 2.24) is 15.2 Å². The second-order valence-electron chi connectivity index (χ2n) is 6.96. The highest BCUT2D eigenvalue weighted by Crippen LogP contribution is 2.24. The van der Waals surface area contributed by atoms with Crippen LogP contribution in [0.4, 0.5) is 11.4 Å². The molecule has 0 bridgehead atoms. The van der Waals surface area contributed by atoms with Crippen LogP contribution < -0.4 is 10.2 Å². The van der Waals surface area contributed by atoms with Gasteiger partial charge in [0.05, 0.1) is 17.2 Å². The number of benzene rings is 1. The largest absolute Gasteiger partial charge is 0.369 e. The Bertz CT molecular complexity index is 1130. The van der Waals surface area contributed by atoms with Gasteiger partial charge in [0.2, 0.25) is 0 Å². The minimum Gasteiger partial charge on any atom is -0.369 e. The number of hydrogen-bond donors (Lipinski definition) is 2. The number of rotatable bonds is 4. The number of anilines is 2. The summed E-state index contributed by atoms with van der Waals surface area (Å²) in [5, 5.41) is 9.72. The number of sulfone groups is 1. The van der Waals surface area contributed by atoms with E-state index >= 15 is 0 Å². The van der Waals surface area contributed by atoms with Crippen LogP contribution in [0.2, 0.25) is 0 Å². The van der Waals surface area contributed by atoms with E-state index in [4.69, 9.17) is 0 Å². The second-order valence-corrected chi connectivity index (χ2v) is 9.26. The Kier molecular flexibility index (Phi) is 5.06. The number of aromatic amines is 1. The van der Waals surface area contributed by atoms with Crippen LogP contribution >= 0.6 is 0 Å². The minimum absolute atomic E-state index is 0.169. The molecule has 0 atom stereocenters. The molecule has 1 amide bonds. The minimum atomic E-state index is -2.92. The third-order valence-electron chi connectivity index (χ3n) is 4.91. The van der Waals surface area contributed by atoms with E-state index in [9.17, 15) is 13.2 Å². The Hall–Kier alpha value is -3.20. The van der Waals surface area contributed by atoms with Gasteiger partial charge in [-0.15, -0.1) is 0 Å². The molecule has 4 rings (SSSR count). The van der Waals surface area contributed by atoms with Gasteiger partial charge in [0, 0.05) is 30.7 Å². The molecule has 8 nitrogen and oxygen atoms in total. The lowest BCUT2D eigenvalue weighted by Gasteiger charge is -2.29. The molecule has 9 heteroatoms. The summed E-state index contributed by atoms with van der Waals surface area (Å²) in [6, 6.07) is 12.7. The van der Waals surface area contributed by atoms with Gasteiger partial charge in [-0.2, -0.15) is 5.10 Å². The molecule has 0 radical (unpaired) electrons. The zero-order valence-electron chi connectivity index (χ0n) is 15.9. The van der Waals surface area contributed by atoms with E-state index in [1.807, 2.05) is 25.1 Å². The van der Waals surface area contributed by atoms with Gasteiger partial charge >= 0.3 is 0 Å². The van der Waals surface area contributed by atoms with Gasteiger partial charge in [-0.3, -0.25) is 9.89 Å². The van der Waals surface area contributed by atoms with Gasteiger partial charge in [-0.1, -0.05) is 6.07 Å². The summed E-state index contributed by atoms with van der Waals surface area (Å²) in [7, 11) is -2.92. The molecule has 0 spiro atoms. The van der Waals surface area contributed by atoms with E-state index in [1.165, 1.54) is 0 Å². The zero-order valence-corrected chi connectivity index (χ0v) is 16.7. The Balaban J connectivity index is 1.48. The average molecular weight is 411 g/mol. The van der Waals surface area contributed by atoms with Crippen molar-refractivity contribution in [1.29, 1.82) is 0 Å². The molecule has 3 aromatic rings. The van der Waals surface area contributed by atoms with Gasteiger partial charge in [0.15, 0.2) is 9.84 Å². The number of nitrogens with zero attached hydrogens (tertiary/aromatic N) is 3. The smallest absolute Gasteiger partial charge is 0.274 e. The van der Waals surface area contributed by atoms with Crippen LogP contribution in [-0.2, 0) is 9.84 Å². The standard InChI is InChI=1S/C20H21N5O3S/c1-14-13-15(25-9-11-29(27,28)12-10-25)5-6-16(14)23-20(26)19-4-2-3-17(22-19)18-7-8-21-24-18/h2-8,13H,9-12H2,1H3,(H,21,24)(H,23,26). The molecule has 0 aliphatic carbocycles. The summed E-state index contributed by atoms with van der Waals surface area (Å²) in [5.41, 5.74) is 4.13. The van der Waals surface area contributed by atoms with Crippen LogP contribution in [0.1, 0.15) is 16.1 Å². The second kappa shape index (κ2) is 7.67. The van der Waals surface area contributed by atoms with Gasteiger partial charge < -0.3 is 10.2 Å². The topological polar surface area (TPSA) is 108 Å². The monoisotopic (exact) mass is 411 g/mol. The van der Waals surface area contributed by atoms with Crippen LogP contribution in [0.5, 0.6) is 0 Å². The molecule has 1 aliphatic rings. The number of nitrogens with one attached hydrogen (secondary N) is 2. The fraction of sp³-hybridized carbons (Fsp3) is 0.250. The van der Waals surface area contributed by atoms with Gasteiger partial charge in [-0.25, -0.2) is 13.4 Å². The first kappa shape index (κ1) is 19.1. The quantitative estimate of drug-likeness (QED) is 0.682. The van der Waals surface area contributed by atoms with E-state index in [0.29, 0.717) is 35.9 Å². The van der Waals surface area contributed by atoms with Crippen molar-refractivity contribution >= 4 is 27.1 Å². The first-order valence-electron chi connectivity index (χ1n) is 9.26. The number of pyridine rings is 1. The maximum absolute atomic E-state index is 12.7. The molecule has 2 N–H and O–H groups in total. The average Bonchev–Trinajstić information content (AvgIpc) is 3.24. The lowest BCUT2D eigenvalue weighted by Crippen LogP contribution is -2.40. The number of aryl methyl sites for hydroxylation is 1. The molecule has 29 heavy (non-hydrogen) atoms. The maximum atomic E-state index is 12.7. The number of amides is 1. The van der Waals surface area contributed by atoms with Crippen molar-refractivity contribution < 1.29 is 13.2 Å². The molecule has 1 fully saturated rings. The lowest BCUT2D eigenvalue weighted by atomic mass is 10.1. The predicted octanol–water partition coefficient (Wildman–Crippen LogP) is 2.27. The Labute approximate surface area is 168 Å². The number of aromatic nitrogens is 3. The van der Waals surface area contributed by atoms with E-state index in [1.54, 1.807) is 30.5 Å². The van der Waals surface area contributed by atoms with E-state index < -0.39 is 9.84 Å². The highest BCUT2D eigenvalue weighted by Gasteiger charge is 2.22. The molecule has 2 aromatic heterocycles. The van der Waals surface area contributed by atoms with Crippen molar-refractivity contribution in [2.24, 2.45) is 0 Å². The molecule has 0 saturated carbocycles. The van der Waals surface area contributed by atoms with Crippen molar-refractivity contribution in [3.8, 4) is 11.4 Å². The molecule has 150 valence electrons. The zero-order chi connectivity index (χ0) is 20.4. The fourth-order valence-electron chi connectivity index (χ4n) is 3.25. The van der Waals surface area contributed by atoms with Gasteiger partial charge in [-0.05, 0) is 48.9 Å². The van der Waals surface area contributed by atoms with Gasteiger partial charge in [0.1, 0.15) is 11.4 Å². The first-order chi connectivity index (χ1) is 13.9. The van der Waals surface area contributed by atoms with E-state index in [2.05, 4.69) is 25.4 Å². The molecule has 3 heterocycles. The normalized spacial score (nSPS) is 15.8. The molecular weight excluding hydrogens is 390 g/mol. The first-order valence-corrected chi connectivity index (χ1v) is 11.1. The highest BCUT2D eigenvalue weighted by molar-refractivity contribution is 7.91. The van der Waals surface area contributed by atoms with Crippen LogP contribution in [0.15, 0.2) is 48.7 Å². The van der Waals surface area contributed by atoms with Crippen molar-refractivity contribution in [2.75, 3.05) is 34.8 Å². The van der Waals surface area contributed by atoms with Crippen LogP contribution in [0, 0.1) is 6.92 Å². The third-order valence-corrected chi connectivity index (χ3v) is 6.52. The Morgan fingerprint density at radius 1 is 1.10 bits per heavy atom. The summed E-state index contributed by atoms with van der Waals surface area (Å²) in [5.74, 6) is 0.0350. The van der Waals surface area contributed by atoms with E-state index in [0.717, 1.165) is 11.3 Å². The maximum Gasteiger partial charge on any atom is 0.274 e. The summed E-state index contributed by atoms with van der Waals surface area (Å²) < 4.78 is 23.2. The highest BCUT2D eigenvalue weighted by atomic mass is 32.2. The molecule has 1 aliphatic heterocycles. The van der Waals surface area contributed by atoms with Crippen LogP contribution in [0.3, 0.4) is 0 Å². The number of carbonyl (C=O) groups is 1. The Morgan fingerprint density at radius 2 is 1.90 bits per heavy atom. The van der Waals surface area contributed by atoms with Gasteiger partial charge in [0.25, 0.3) is 5.91 Å². The van der Waals surface area contributed by atoms with E-state index in [-0.39, 0.29) is 17.4 Å². The molecule has 1 saturated heterocycles. The number of hydrogen-bond acceptors (Lipinski definition) is 6. The number of H-pyrrole nitrogens is 1. The number of carbonyl (C=O) groups excluding carboxylic acids is 1. The molecule has 1 aromatic carbocycles. The molecular formula is C20H21N5O3S. The van der Waals surface area contributed by atoms with Crippen molar-refractivity contribution in [2.45, 2.75) is 6.92 Å².